The molecule has 0 saturated carbocycles. The van der Waals surface area contributed by atoms with Crippen LogP contribution in [0.25, 0.3) is 11.1 Å². The summed E-state index contributed by atoms with van der Waals surface area (Å²) in [4.78, 5) is 12.9. The molecule has 8 heteroatoms. The monoisotopic (exact) mass is 492 g/mol. The van der Waals surface area contributed by atoms with Crippen LogP contribution in [-0.2, 0) is 9.09 Å². The Morgan fingerprint density at radius 2 is 1.79 bits per heavy atom. The molecule has 6 nitrogen and oxygen atoms in total. The number of rotatable bonds is 8. The van der Waals surface area contributed by atoms with E-state index in [1.54, 1.807) is 72.9 Å². The number of carbonyl (C=O) groups is 1. The average Bonchev–Trinajstić information content (AvgIpc) is 3.41. The van der Waals surface area contributed by atoms with Gasteiger partial charge in [-0.05, 0) is 76.8 Å². The lowest BCUT2D eigenvalue weighted by molar-refractivity contribution is 0.102. The van der Waals surface area contributed by atoms with Gasteiger partial charge < -0.3 is 20.7 Å². The van der Waals surface area contributed by atoms with E-state index in [1.165, 1.54) is 0 Å². The van der Waals surface area contributed by atoms with Crippen LogP contribution >= 0.6 is 18.7 Å². The molecule has 0 radical (unpaired) electrons. The number of hydrogen-bond donors (Lipinski definition) is 3. The van der Waals surface area contributed by atoms with Gasteiger partial charge in [-0.2, -0.15) is 11.3 Å². The molecule has 1 aromatic heterocycles. The van der Waals surface area contributed by atoms with Crippen molar-refractivity contribution in [2.75, 3.05) is 17.7 Å². The van der Waals surface area contributed by atoms with Crippen molar-refractivity contribution in [3.63, 3.8) is 0 Å². The Balaban J connectivity index is 1.54. The molecule has 4 rings (SSSR count). The van der Waals surface area contributed by atoms with Crippen LogP contribution in [0.2, 0.25) is 0 Å². The molecule has 0 aliphatic carbocycles. The molecule has 0 fully saturated rings. The number of thiophene rings is 1. The second-order valence-electron chi connectivity index (χ2n) is 7.61. The molecular weight excluding hydrogens is 467 g/mol. The third-order valence-electron chi connectivity index (χ3n) is 5.39. The van der Waals surface area contributed by atoms with Gasteiger partial charge in [0.25, 0.3) is 13.3 Å². The van der Waals surface area contributed by atoms with Gasteiger partial charge in [0.05, 0.1) is 18.0 Å². The number of benzene rings is 3. The summed E-state index contributed by atoms with van der Waals surface area (Å²) >= 11 is 1.59. The van der Waals surface area contributed by atoms with Gasteiger partial charge in [0, 0.05) is 10.9 Å². The zero-order valence-corrected chi connectivity index (χ0v) is 20.3. The first kappa shape index (κ1) is 23.9. The summed E-state index contributed by atoms with van der Waals surface area (Å²) < 4.78 is 19.1. The summed E-state index contributed by atoms with van der Waals surface area (Å²) in [5.41, 5.74) is 9.83. The number of nitrogens with one attached hydrogen (secondary N) is 1. The van der Waals surface area contributed by atoms with Gasteiger partial charge in [0.15, 0.2) is 5.85 Å². The molecule has 0 aliphatic heterocycles. The van der Waals surface area contributed by atoms with E-state index in [0.29, 0.717) is 27.8 Å². The molecule has 0 aliphatic rings. The summed E-state index contributed by atoms with van der Waals surface area (Å²) in [6.07, 6.45) is 0. The van der Waals surface area contributed by atoms with Gasteiger partial charge >= 0.3 is 0 Å². The molecule has 0 bridgehead atoms. The number of nitrogens with two attached hydrogens (primary N) is 1. The highest BCUT2D eigenvalue weighted by atomic mass is 32.1. The number of carbonyl (C=O) groups excluding carboxylic acids is 1. The van der Waals surface area contributed by atoms with E-state index in [-0.39, 0.29) is 12.5 Å². The van der Waals surface area contributed by atoms with Crippen molar-refractivity contribution in [1.82, 2.24) is 0 Å². The van der Waals surface area contributed by atoms with Crippen LogP contribution in [0.1, 0.15) is 28.7 Å². The van der Waals surface area contributed by atoms with Crippen molar-refractivity contribution in [3.05, 3.63) is 101 Å². The van der Waals surface area contributed by atoms with Crippen molar-refractivity contribution in [2.45, 2.75) is 12.8 Å². The van der Waals surface area contributed by atoms with Gasteiger partial charge in [-0.3, -0.25) is 9.36 Å². The first-order valence-corrected chi connectivity index (χ1v) is 13.4. The minimum absolute atomic E-state index is 0.190. The Hall–Kier alpha value is -3.22. The van der Waals surface area contributed by atoms with E-state index in [9.17, 15) is 14.5 Å². The van der Waals surface area contributed by atoms with Crippen LogP contribution in [0, 0.1) is 0 Å². The maximum atomic E-state index is 13.6. The lowest BCUT2D eigenvalue weighted by atomic mass is 10.1. The van der Waals surface area contributed by atoms with Crippen molar-refractivity contribution >= 4 is 41.3 Å². The molecular formula is C26H25N2O4PS. The van der Waals surface area contributed by atoms with Crippen molar-refractivity contribution in [3.8, 4) is 11.1 Å². The third kappa shape index (κ3) is 4.98. The van der Waals surface area contributed by atoms with Crippen molar-refractivity contribution < 1.29 is 19.0 Å². The number of amides is 1. The zero-order valence-electron chi connectivity index (χ0n) is 18.5. The summed E-state index contributed by atoms with van der Waals surface area (Å²) in [7, 11) is -3.57. The van der Waals surface area contributed by atoms with E-state index < -0.39 is 13.2 Å². The van der Waals surface area contributed by atoms with Gasteiger partial charge in [0.2, 0.25) is 0 Å². The van der Waals surface area contributed by atoms with Crippen LogP contribution in [0.4, 0.5) is 11.4 Å². The Labute approximate surface area is 202 Å². The summed E-state index contributed by atoms with van der Waals surface area (Å²) in [5.74, 6) is -1.70. The van der Waals surface area contributed by atoms with Crippen LogP contribution in [0.15, 0.2) is 89.6 Å². The third-order valence-corrected chi connectivity index (χ3v) is 8.67. The minimum Gasteiger partial charge on any atom is -0.397 e. The summed E-state index contributed by atoms with van der Waals surface area (Å²) in [6, 6.07) is 22.5. The Morgan fingerprint density at radius 1 is 1.06 bits per heavy atom. The van der Waals surface area contributed by atoms with E-state index in [0.717, 1.165) is 11.1 Å². The number of aliphatic hydroxyl groups is 1. The Bertz CT molecular complexity index is 1310. The fourth-order valence-electron chi connectivity index (χ4n) is 3.58. The molecule has 4 N–H and O–H groups in total. The number of nitrogen functional groups attached to an aromatic ring is 1. The highest BCUT2D eigenvalue weighted by molar-refractivity contribution is 7.67. The minimum atomic E-state index is -3.57. The maximum absolute atomic E-state index is 13.6. The van der Waals surface area contributed by atoms with Crippen LogP contribution in [0.5, 0.6) is 0 Å². The number of aliphatic hydroxyl groups excluding tert-OH is 1. The SMILES string of the molecule is CCOP(=O)(c1ccccc1)C(O)c1ccc(C(=O)Nc2cc(-c3ccsc3)ccc2N)cc1. The zero-order chi connectivity index (χ0) is 24.1. The number of anilines is 2. The van der Waals surface area contributed by atoms with Gasteiger partial charge in [-0.25, -0.2) is 0 Å². The lowest BCUT2D eigenvalue weighted by Gasteiger charge is -2.24. The Kier molecular flexibility index (Phi) is 7.29. The number of hydrogen-bond acceptors (Lipinski definition) is 6. The van der Waals surface area contributed by atoms with E-state index in [1.807, 2.05) is 35.0 Å². The molecule has 4 aromatic rings. The van der Waals surface area contributed by atoms with E-state index in [2.05, 4.69) is 5.32 Å². The fourth-order valence-corrected chi connectivity index (χ4v) is 6.36. The van der Waals surface area contributed by atoms with Crippen LogP contribution in [0.3, 0.4) is 0 Å². The standard InChI is InChI=1S/C26H25N2O4PS/c1-2-32-33(31,22-6-4-3-5-7-22)26(30)19-10-8-18(9-11-19)25(29)28-24-16-20(12-13-23(24)27)21-14-15-34-17-21/h3-17,26,30H,2,27H2,1H3,(H,28,29). The molecule has 0 saturated heterocycles. The first-order valence-electron chi connectivity index (χ1n) is 10.7. The predicted molar refractivity (Wildman–Crippen MR) is 139 cm³/mol. The molecule has 3 aromatic carbocycles. The van der Waals surface area contributed by atoms with Crippen LogP contribution < -0.4 is 16.4 Å². The molecule has 1 amide bonds. The van der Waals surface area contributed by atoms with Crippen LogP contribution in [-0.4, -0.2) is 17.6 Å². The second kappa shape index (κ2) is 10.4. The highest BCUT2D eigenvalue weighted by Crippen LogP contribution is 2.57. The fraction of sp³-hybridized carbons (Fsp3) is 0.115. The largest absolute Gasteiger partial charge is 0.397 e. The average molecular weight is 493 g/mol. The quantitative estimate of drug-likeness (QED) is 0.211. The summed E-state index contributed by atoms with van der Waals surface area (Å²) in [5, 5.41) is 18.2. The smallest absolute Gasteiger partial charge is 0.264 e. The van der Waals surface area contributed by atoms with Gasteiger partial charge in [0.1, 0.15) is 0 Å². The second-order valence-corrected chi connectivity index (χ2v) is 10.9. The summed E-state index contributed by atoms with van der Waals surface area (Å²) in [6.45, 7) is 1.92. The molecule has 2 atom stereocenters. The van der Waals surface area contributed by atoms with Gasteiger partial charge in [-0.1, -0.05) is 36.4 Å². The lowest BCUT2D eigenvalue weighted by Crippen LogP contribution is -2.15. The molecule has 174 valence electrons. The molecule has 34 heavy (non-hydrogen) atoms. The van der Waals surface area contributed by atoms with E-state index in [4.69, 9.17) is 10.3 Å². The predicted octanol–water partition coefficient (Wildman–Crippen LogP) is 5.88. The molecule has 0 spiro atoms. The molecule has 2 unspecified atom stereocenters. The molecule has 1 heterocycles. The van der Waals surface area contributed by atoms with Crippen molar-refractivity contribution in [2.24, 2.45) is 0 Å². The first-order chi connectivity index (χ1) is 16.4. The van der Waals surface area contributed by atoms with E-state index >= 15 is 0 Å². The maximum Gasteiger partial charge on any atom is 0.264 e. The highest BCUT2D eigenvalue weighted by Gasteiger charge is 2.35. The van der Waals surface area contributed by atoms with Gasteiger partial charge in [-0.15, -0.1) is 0 Å². The topological polar surface area (TPSA) is 102 Å². The van der Waals surface area contributed by atoms with Crippen molar-refractivity contribution in [1.29, 1.82) is 0 Å². The normalized spacial score (nSPS) is 13.7. The Morgan fingerprint density at radius 3 is 2.44 bits per heavy atom.